The molecular formula is C16H30O9. The molecule has 148 valence electrons. The molecule has 0 saturated heterocycles. The molecule has 0 fully saturated rings. The summed E-state index contributed by atoms with van der Waals surface area (Å²) in [6, 6.07) is 0. The van der Waals surface area contributed by atoms with Gasteiger partial charge in [0.05, 0.1) is 66.1 Å². The molecule has 9 nitrogen and oxygen atoms in total. The number of aliphatic hydroxyl groups excluding tert-OH is 3. The van der Waals surface area contributed by atoms with Gasteiger partial charge in [-0.25, -0.2) is 4.79 Å². The van der Waals surface area contributed by atoms with Crippen LogP contribution in [0.15, 0.2) is 12.2 Å². The van der Waals surface area contributed by atoms with E-state index in [0.717, 1.165) is 0 Å². The summed E-state index contributed by atoms with van der Waals surface area (Å²) in [5.74, 6) is -0.614. The molecule has 0 radical (unpaired) electrons. The molecule has 0 aliphatic heterocycles. The molecule has 0 spiro atoms. The minimum atomic E-state index is -0.839. The number of carbonyl (C=O) groups is 1. The third-order valence-electron chi connectivity index (χ3n) is 2.89. The van der Waals surface area contributed by atoms with Crippen molar-refractivity contribution in [1.29, 1.82) is 0 Å². The van der Waals surface area contributed by atoms with Crippen LogP contribution in [0.1, 0.15) is 6.92 Å². The first-order chi connectivity index (χ1) is 12.1. The highest BCUT2D eigenvalue weighted by Crippen LogP contribution is 2.08. The summed E-state index contributed by atoms with van der Waals surface area (Å²) in [4.78, 5) is 11.7. The zero-order valence-electron chi connectivity index (χ0n) is 14.7. The summed E-state index contributed by atoms with van der Waals surface area (Å²) < 4.78 is 26.2. The van der Waals surface area contributed by atoms with E-state index in [4.69, 9.17) is 33.9 Å². The highest BCUT2D eigenvalue weighted by Gasteiger charge is 2.26. The van der Waals surface area contributed by atoms with E-state index in [2.05, 4.69) is 6.58 Å². The first-order valence-corrected chi connectivity index (χ1v) is 8.10. The lowest BCUT2D eigenvalue weighted by Gasteiger charge is -2.25. The van der Waals surface area contributed by atoms with E-state index in [1.165, 1.54) is 6.92 Å². The number of hydrogen-bond donors (Lipinski definition) is 3. The van der Waals surface area contributed by atoms with Gasteiger partial charge in [0.2, 0.25) is 0 Å². The van der Waals surface area contributed by atoms with E-state index in [-0.39, 0.29) is 45.2 Å². The van der Waals surface area contributed by atoms with Crippen LogP contribution in [0.25, 0.3) is 0 Å². The fourth-order valence-corrected chi connectivity index (χ4v) is 1.64. The van der Waals surface area contributed by atoms with Crippen molar-refractivity contribution in [2.24, 2.45) is 0 Å². The van der Waals surface area contributed by atoms with Crippen molar-refractivity contribution in [3.8, 4) is 0 Å². The average molecular weight is 366 g/mol. The van der Waals surface area contributed by atoms with Gasteiger partial charge in [-0.3, -0.25) is 0 Å². The number of aliphatic hydroxyl groups is 3. The minimum Gasteiger partial charge on any atom is -0.454 e. The van der Waals surface area contributed by atoms with Gasteiger partial charge in [0.1, 0.15) is 6.10 Å². The summed E-state index contributed by atoms with van der Waals surface area (Å²) >= 11 is 0. The molecule has 2 unspecified atom stereocenters. The van der Waals surface area contributed by atoms with Gasteiger partial charge in [-0.05, 0) is 6.92 Å². The number of esters is 1. The van der Waals surface area contributed by atoms with E-state index >= 15 is 0 Å². The second-order valence-electron chi connectivity index (χ2n) is 5.06. The van der Waals surface area contributed by atoms with E-state index in [1.54, 1.807) is 0 Å². The van der Waals surface area contributed by atoms with Crippen molar-refractivity contribution in [3.63, 3.8) is 0 Å². The van der Waals surface area contributed by atoms with Crippen LogP contribution < -0.4 is 0 Å². The van der Waals surface area contributed by atoms with Crippen LogP contribution in [-0.4, -0.2) is 99.6 Å². The third-order valence-corrected chi connectivity index (χ3v) is 2.89. The fourth-order valence-electron chi connectivity index (χ4n) is 1.64. The Morgan fingerprint density at radius 3 is 1.96 bits per heavy atom. The Hall–Kier alpha value is -1.07. The van der Waals surface area contributed by atoms with Gasteiger partial charge in [-0.15, -0.1) is 0 Å². The highest BCUT2D eigenvalue weighted by molar-refractivity contribution is 5.87. The van der Waals surface area contributed by atoms with Gasteiger partial charge in [-0.2, -0.15) is 0 Å². The van der Waals surface area contributed by atoms with Crippen molar-refractivity contribution in [3.05, 3.63) is 12.2 Å². The predicted molar refractivity (Wildman–Crippen MR) is 88.1 cm³/mol. The molecule has 25 heavy (non-hydrogen) atoms. The van der Waals surface area contributed by atoms with Crippen LogP contribution in [0.3, 0.4) is 0 Å². The lowest BCUT2D eigenvalue weighted by atomic mass is 10.2. The summed E-state index contributed by atoms with van der Waals surface area (Å²) in [7, 11) is 0. The normalized spacial score (nSPS) is 13.4. The number of rotatable bonds is 17. The maximum atomic E-state index is 11.7. The number of hydrogen-bond acceptors (Lipinski definition) is 9. The van der Waals surface area contributed by atoms with E-state index in [1.807, 2.05) is 0 Å². The van der Waals surface area contributed by atoms with Crippen molar-refractivity contribution < 1.29 is 43.8 Å². The Balaban J connectivity index is 4.16. The quantitative estimate of drug-likeness (QED) is 0.167. The third kappa shape index (κ3) is 12.9. The summed E-state index contributed by atoms with van der Waals surface area (Å²) in [6.07, 6.45) is -1.66. The zero-order valence-corrected chi connectivity index (χ0v) is 14.7. The second-order valence-corrected chi connectivity index (χ2v) is 5.06. The lowest BCUT2D eigenvalue weighted by Crippen LogP contribution is -2.40. The Bertz CT molecular complexity index is 348. The SMILES string of the molecule is C=C(C)C(=O)OC(COCCOCCOCCO)C(CO)OCCO. The van der Waals surface area contributed by atoms with Crippen molar-refractivity contribution in [1.82, 2.24) is 0 Å². The molecule has 0 bridgehead atoms. The monoisotopic (exact) mass is 366 g/mol. The van der Waals surface area contributed by atoms with E-state index in [0.29, 0.717) is 19.8 Å². The van der Waals surface area contributed by atoms with E-state index in [9.17, 15) is 9.90 Å². The molecule has 0 rings (SSSR count). The van der Waals surface area contributed by atoms with Crippen LogP contribution in [0, 0.1) is 0 Å². The standard InChI is InChI=1S/C16H30O9/c1-13(2)16(20)25-15(14(11-19)24-6-4-18)12-23-10-9-22-8-7-21-5-3-17/h14-15,17-19H,1,3-12H2,2H3. The Morgan fingerprint density at radius 1 is 0.880 bits per heavy atom. The summed E-state index contributed by atoms with van der Waals surface area (Å²) in [5.41, 5.74) is 0.218. The molecule has 0 aliphatic rings. The smallest absolute Gasteiger partial charge is 0.333 e. The van der Waals surface area contributed by atoms with Gasteiger partial charge in [-0.1, -0.05) is 6.58 Å². The molecule has 0 aromatic rings. The summed E-state index contributed by atoms with van der Waals surface area (Å²) in [5, 5.41) is 26.7. The topological polar surface area (TPSA) is 124 Å². The van der Waals surface area contributed by atoms with Crippen LogP contribution in [0.4, 0.5) is 0 Å². The lowest BCUT2D eigenvalue weighted by molar-refractivity contribution is -0.163. The zero-order chi connectivity index (χ0) is 18.9. The highest BCUT2D eigenvalue weighted by atomic mass is 16.6. The first kappa shape index (κ1) is 23.9. The fraction of sp³-hybridized carbons (Fsp3) is 0.812. The first-order valence-electron chi connectivity index (χ1n) is 8.10. The number of ether oxygens (including phenoxy) is 5. The molecule has 0 aromatic carbocycles. The summed E-state index contributed by atoms with van der Waals surface area (Å²) in [6.45, 7) is 5.95. The molecule has 0 aromatic heterocycles. The molecule has 0 saturated carbocycles. The minimum absolute atomic E-state index is 0.0000473. The van der Waals surface area contributed by atoms with Gasteiger partial charge < -0.3 is 39.0 Å². The maximum Gasteiger partial charge on any atom is 0.333 e. The van der Waals surface area contributed by atoms with Crippen LogP contribution >= 0.6 is 0 Å². The molecular weight excluding hydrogens is 336 g/mol. The Morgan fingerprint density at radius 2 is 1.44 bits per heavy atom. The van der Waals surface area contributed by atoms with Crippen molar-refractivity contribution >= 4 is 5.97 Å². The molecule has 9 heteroatoms. The van der Waals surface area contributed by atoms with Gasteiger partial charge in [0, 0.05) is 5.57 Å². The Labute approximate surface area is 148 Å². The number of carbonyl (C=O) groups excluding carboxylic acids is 1. The molecule has 0 aliphatic carbocycles. The van der Waals surface area contributed by atoms with Crippen LogP contribution in [-0.2, 0) is 28.5 Å². The maximum absolute atomic E-state index is 11.7. The van der Waals surface area contributed by atoms with Gasteiger partial charge >= 0.3 is 5.97 Å². The second kappa shape index (κ2) is 16.4. The average Bonchev–Trinajstić information content (AvgIpc) is 2.60. The predicted octanol–water partition coefficient (Wildman–Crippen LogP) is -1.11. The largest absolute Gasteiger partial charge is 0.454 e. The van der Waals surface area contributed by atoms with Gasteiger partial charge in [0.25, 0.3) is 0 Å². The molecule has 0 amide bonds. The van der Waals surface area contributed by atoms with Crippen molar-refractivity contribution in [2.75, 3.05) is 66.1 Å². The molecule has 2 atom stereocenters. The molecule has 0 heterocycles. The Kier molecular flexibility index (Phi) is 15.7. The van der Waals surface area contributed by atoms with E-state index < -0.39 is 24.8 Å². The van der Waals surface area contributed by atoms with Gasteiger partial charge in [0.15, 0.2) is 6.10 Å². The van der Waals surface area contributed by atoms with Crippen molar-refractivity contribution in [2.45, 2.75) is 19.1 Å². The molecule has 3 N–H and O–H groups in total. The van der Waals surface area contributed by atoms with Crippen LogP contribution in [0.5, 0.6) is 0 Å². The van der Waals surface area contributed by atoms with Crippen LogP contribution in [0.2, 0.25) is 0 Å².